The smallest absolute Gasteiger partial charge is 0.148 e. The number of benzene rings is 1. The van der Waals surface area contributed by atoms with E-state index in [1.54, 1.807) is 0 Å². The van der Waals surface area contributed by atoms with Crippen LogP contribution in [0.1, 0.15) is 5.56 Å². The molecule has 0 bridgehead atoms. The van der Waals surface area contributed by atoms with E-state index in [1.165, 1.54) is 12.1 Å². The van der Waals surface area contributed by atoms with Crippen molar-refractivity contribution < 1.29 is 4.39 Å². The zero-order chi connectivity index (χ0) is 8.27. The molecule has 0 fully saturated rings. The summed E-state index contributed by atoms with van der Waals surface area (Å²) < 4.78 is 15.1. The number of nitrogens with zero attached hydrogens (tertiary/aromatic N) is 1. The Labute approximate surface area is 69.2 Å². The zero-order valence-electron chi connectivity index (χ0n) is 5.50. The molecule has 0 unspecified atom stereocenters. The highest BCUT2D eigenvalue weighted by Crippen LogP contribution is 2.15. The van der Waals surface area contributed by atoms with Crippen LogP contribution in [0.2, 0.25) is 0 Å². The highest BCUT2D eigenvalue weighted by Gasteiger charge is 1.99. The van der Waals surface area contributed by atoms with Gasteiger partial charge in [-0.2, -0.15) is 5.26 Å². The second kappa shape index (κ2) is 3.26. The number of hydrogen-bond donors (Lipinski definition) is 2. The summed E-state index contributed by atoms with van der Waals surface area (Å²) in [6.45, 7) is 0. The Hall–Kier alpha value is -1.21. The standard InChI is InChI=1S/C7H5FN2S/c8-6-3-5(4-9)1-2-7(6)10-11/h1-3,10-11H. The molecule has 0 aliphatic heterocycles. The Kier molecular flexibility index (Phi) is 2.34. The summed E-state index contributed by atoms with van der Waals surface area (Å²) in [4.78, 5) is 0. The molecule has 0 radical (unpaired) electrons. The molecule has 0 aliphatic rings. The normalized spacial score (nSPS) is 8.82. The number of nitrogens with one attached hydrogen (secondary N) is 1. The van der Waals surface area contributed by atoms with Gasteiger partial charge in [-0.15, -0.1) is 0 Å². The molecule has 1 N–H and O–H groups in total. The van der Waals surface area contributed by atoms with Crippen molar-refractivity contribution in [1.29, 1.82) is 5.26 Å². The van der Waals surface area contributed by atoms with Crippen molar-refractivity contribution in [2.45, 2.75) is 0 Å². The molecule has 1 aromatic rings. The van der Waals surface area contributed by atoms with E-state index < -0.39 is 5.82 Å². The minimum atomic E-state index is -0.473. The summed E-state index contributed by atoms with van der Waals surface area (Å²) in [7, 11) is 0. The van der Waals surface area contributed by atoms with Gasteiger partial charge in [0.2, 0.25) is 0 Å². The lowest BCUT2D eigenvalue weighted by molar-refractivity contribution is 0.632. The molecule has 0 saturated carbocycles. The minimum absolute atomic E-state index is 0.271. The van der Waals surface area contributed by atoms with E-state index in [-0.39, 0.29) is 5.69 Å². The van der Waals surface area contributed by atoms with Crippen LogP contribution >= 0.6 is 12.8 Å². The van der Waals surface area contributed by atoms with Crippen LogP contribution in [0.25, 0.3) is 0 Å². The van der Waals surface area contributed by atoms with Crippen LogP contribution in [-0.4, -0.2) is 0 Å². The number of anilines is 1. The predicted molar refractivity (Wildman–Crippen MR) is 43.7 cm³/mol. The quantitative estimate of drug-likeness (QED) is 0.629. The van der Waals surface area contributed by atoms with Crippen molar-refractivity contribution in [3.05, 3.63) is 29.6 Å². The maximum Gasteiger partial charge on any atom is 0.148 e. The van der Waals surface area contributed by atoms with Crippen molar-refractivity contribution in [3.63, 3.8) is 0 Å². The van der Waals surface area contributed by atoms with Crippen molar-refractivity contribution in [2.75, 3.05) is 4.72 Å². The van der Waals surface area contributed by atoms with E-state index in [4.69, 9.17) is 5.26 Å². The summed E-state index contributed by atoms with van der Waals surface area (Å²) in [6.07, 6.45) is 0. The van der Waals surface area contributed by atoms with E-state index in [0.29, 0.717) is 5.56 Å². The first-order valence-corrected chi connectivity index (χ1v) is 3.32. The molecular formula is C7H5FN2S. The second-order valence-electron chi connectivity index (χ2n) is 1.92. The fraction of sp³-hybridized carbons (Fsp3) is 0. The molecule has 0 atom stereocenters. The Morgan fingerprint density at radius 1 is 1.55 bits per heavy atom. The first-order valence-electron chi connectivity index (χ1n) is 2.87. The summed E-state index contributed by atoms with van der Waals surface area (Å²) in [5.41, 5.74) is 0.571. The molecule has 11 heavy (non-hydrogen) atoms. The van der Waals surface area contributed by atoms with Crippen LogP contribution in [-0.2, 0) is 0 Å². The Bertz CT molecular complexity index is 306. The lowest BCUT2D eigenvalue weighted by Gasteiger charge is -1.99. The summed E-state index contributed by atoms with van der Waals surface area (Å²) in [5.74, 6) is -0.473. The first-order chi connectivity index (χ1) is 5.27. The van der Waals surface area contributed by atoms with Crippen LogP contribution in [0.15, 0.2) is 18.2 Å². The van der Waals surface area contributed by atoms with Crippen molar-refractivity contribution in [1.82, 2.24) is 0 Å². The fourth-order valence-corrected chi connectivity index (χ4v) is 0.857. The largest absolute Gasteiger partial charge is 0.330 e. The van der Waals surface area contributed by atoms with Gasteiger partial charge in [-0.25, -0.2) is 4.39 Å². The van der Waals surface area contributed by atoms with Crippen LogP contribution in [0.4, 0.5) is 10.1 Å². The molecule has 56 valence electrons. The molecule has 0 amide bonds. The average Bonchev–Trinajstić information content (AvgIpc) is 2.04. The van der Waals surface area contributed by atoms with Crippen LogP contribution < -0.4 is 4.72 Å². The highest BCUT2D eigenvalue weighted by atomic mass is 32.1. The van der Waals surface area contributed by atoms with Gasteiger partial charge >= 0.3 is 0 Å². The number of rotatable bonds is 1. The Balaban J connectivity index is 3.12. The monoisotopic (exact) mass is 168 g/mol. The molecule has 0 heterocycles. The molecule has 1 aromatic carbocycles. The van der Waals surface area contributed by atoms with E-state index in [0.717, 1.165) is 6.07 Å². The summed E-state index contributed by atoms with van der Waals surface area (Å²) in [5, 5.41) is 8.37. The molecule has 0 aromatic heterocycles. The second-order valence-corrected chi connectivity index (χ2v) is 2.14. The van der Waals surface area contributed by atoms with Gasteiger partial charge < -0.3 is 4.72 Å². The first kappa shape index (κ1) is 7.89. The SMILES string of the molecule is N#Cc1ccc(NS)c(F)c1. The third kappa shape index (κ3) is 1.63. The van der Waals surface area contributed by atoms with Crippen molar-refractivity contribution >= 4 is 18.5 Å². The van der Waals surface area contributed by atoms with Gasteiger partial charge in [-0.3, -0.25) is 0 Å². The Morgan fingerprint density at radius 3 is 2.73 bits per heavy atom. The van der Waals surface area contributed by atoms with Gasteiger partial charge in [-0.05, 0) is 18.2 Å². The third-order valence-corrected chi connectivity index (χ3v) is 1.46. The van der Waals surface area contributed by atoms with Gasteiger partial charge in [0, 0.05) is 0 Å². The van der Waals surface area contributed by atoms with Crippen molar-refractivity contribution in [3.8, 4) is 6.07 Å². The average molecular weight is 168 g/mol. The molecule has 0 spiro atoms. The van der Waals surface area contributed by atoms with Crippen LogP contribution in [0.3, 0.4) is 0 Å². The highest BCUT2D eigenvalue weighted by molar-refractivity contribution is 7.81. The van der Waals surface area contributed by atoms with Gasteiger partial charge in [0.25, 0.3) is 0 Å². The van der Waals surface area contributed by atoms with Crippen molar-refractivity contribution in [2.24, 2.45) is 0 Å². The van der Waals surface area contributed by atoms with E-state index >= 15 is 0 Å². The predicted octanol–water partition coefficient (Wildman–Crippen LogP) is 1.95. The van der Waals surface area contributed by atoms with E-state index in [1.807, 2.05) is 6.07 Å². The molecule has 2 nitrogen and oxygen atoms in total. The fourth-order valence-electron chi connectivity index (χ4n) is 0.675. The van der Waals surface area contributed by atoms with Gasteiger partial charge in [0.05, 0.1) is 17.3 Å². The van der Waals surface area contributed by atoms with Gasteiger partial charge in [-0.1, -0.05) is 12.8 Å². The molecule has 0 saturated heterocycles. The number of halogens is 1. The van der Waals surface area contributed by atoms with Gasteiger partial charge in [0.15, 0.2) is 0 Å². The summed E-state index contributed by atoms with van der Waals surface area (Å²) in [6, 6.07) is 5.95. The lowest BCUT2D eigenvalue weighted by atomic mass is 10.2. The number of hydrogen-bond acceptors (Lipinski definition) is 3. The van der Waals surface area contributed by atoms with E-state index in [2.05, 4.69) is 17.5 Å². The third-order valence-electron chi connectivity index (χ3n) is 1.22. The zero-order valence-corrected chi connectivity index (χ0v) is 6.40. The van der Waals surface area contributed by atoms with Crippen LogP contribution in [0, 0.1) is 17.1 Å². The lowest BCUT2D eigenvalue weighted by Crippen LogP contribution is -1.87. The minimum Gasteiger partial charge on any atom is -0.330 e. The van der Waals surface area contributed by atoms with E-state index in [9.17, 15) is 4.39 Å². The molecule has 0 aliphatic carbocycles. The van der Waals surface area contributed by atoms with Gasteiger partial charge in [0.1, 0.15) is 5.82 Å². The number of nitriles is 1. The number of thiol groups is 1. The molecular weight excluding hydrogens is 163 g/mol. The Morgan fingerprint density at radius 2 is 2.27 bits per heavy atom. The summed E-state index contributed by atoms with van der Waals surface area (Å²) >= 11 is 3.67. The maximum atomic E-state index is 12.8. The molecule has 1 rings (SSSR count). The van der Waals surface area contributed by atoms with Crippen LogP contribution in [0.5, 0.6) is 0 Å². The topological polar surface area (TPSA) is 35.8 Å². The molecule has 4 heteroatoms. The maximum absolute atomic E-state index is 12.8.